The Bertz CT molecular complexity index is 860. The fourth-order valence-corrected chi connectivity index (χ4v) is 3.00. The molecule has 106 valence electrons. The molecule has 0 saturated carbocycles. The van der Waals surface area contributed by atoms with Crippen LogP contribution in [0, 0.1) is 18.3 Å². The Kier molecular flexibility index (Phi) is 3.23. The quantitative estimate of drug-likeness (QED) is 0.743. The number of fused-ring (bicyclic) bond motifs is 1. The maximum atomic E-state index is 9.15. The molecule has 1 aromatic carbocycles. The van der Waals surface area contributed by atoms with E-state index >= 15 is 0 Å². The summed E-state index contributed by atoms with van der Waals surface area (Å²) >= 11 is 1.43. The molecule has 0 spiro atoms. The smallest absolute Gasteiger partial charge is 0.213 e. The standard InChI is InChI=1S/C14H12N4O2S/c1-8-10(7-15)18-14(16-8)21-13(17-18)9-4-5-11(19-2)12(6-9)20-3/h4-6H,1-3H3. The molecule has 0 aliphatic rings. The van der Waals surface area contributed by atoms with E-state index in [2.05, 4.69) is 16.2 Å². The van der Waals surface area contributed by atoms with Crippen molar-refractivity contribution in [2.75, 3.05) is 14.2 Å². The van der Waals surface area contributed by atoms with Crippen LogP contribution in [0.2, 0.25) is 0 Å². The molecular weight excluding hydrogens is 288 g/mol. The Balaban J connectivity index is 2.13. The van der Waals surface area contributed by atoms with Crippen LogP contribution in [0.4, 0.5) is 0 Å². The van der Waals surface area contributed by atoms with Gasteiger partial charge >= 0.3 is 0 Å². The summed E-state index contributed by atoms with van der Waals surface area (Å²) in [5, 5.41) is 14.4. The van der Waals surface area contributed by atoms with Gasteiger partial charge in [-0.1, -0.05) is 11.3 Å². The van der Waals surface area contributed by atoms with Crippen LogP contribution in [0.3, 0.4) is 0 Å². The maximum Gasteiger partial charge on any atom is 0.213 e. The van der Waals surface area contributed by atoms with Crippen molar-refractivity contribution in [2.24, 2.45) is 0 Å². The number of imidazole rings is 1. The first-order chi connectivity index (χ1) is 10.2. The van der Waals surface area contributed by atoms with Gasteiger partial charge in [0.15, 0.2) is 17.2 Å². The number of nitrogens with zero attached hydrogens (tertiary/aromatic N) is 4. The lowest BCUT2D eigenvalue weighted by atomic mass is 10.2. The maximum absolute atomic E-state index is 9.15. The number of methoxy groups -OCH3 is 2. The summed E-state index contributed by atoms with van der Waals surface area (Å²) in [6.45, 7) is 1.80. The molecule has 6 nitrogen and oxygen atoms in total. The lowest BCUT2D eigenvalue weighted by Gasteiger charge is -2.07. The highest BCUT2D eigenvalue weighted by Crippen LogP contribution is 2.34. The minimum Gasteiger partial charge on any atom is -0.493 e. The summed E-state index contributed by atoms with van der Waals surface area (Å²) in [5.41, 5.74) is 2.05. The van der Waals surface area contributed by atoms with E-state index in [0.717, 1.165) is 10.6 Å². The molecular formula is C14H12N4O2S. The summed E-state index contributed by atoms with van der Waals surface area (Å²) < 4.78 is 12.1. The molecule has 0 atom stereocenters. The Labute approximate surface area is 125 Å². The zero-order valence-electron chi connectivity index (χ0n) is 11.7. The first-order valence-corrected chi connectivity index (χ1v) is 6.98. The molecule has 0 unspecified atom stereocenters. The van der Waals surface area contributed by atoms with Crippen molar-refractivity contribution in [1.82, 2.24) is 14.6 Å². The predicted molar refractivity (Wildman–Crippen MR) is 78.9 cm³/mol. The Morgan fingerprint density at radius 1 is 1.24 bits per heavy atom. The molecule has 21 heavy (non-hydrogen) atoms. The second-order valence-corrected chi connectivity index (χ2v) is 5.28. The Morgan fingerprint density at radius 2 is 2.00 bits per heavy atom. The van der Waals surface area contributed by atoms with Crippen molar-refractivity contribution in [2.45, 2.75) is 6.92 Å². The van der Waals surface area contributed by atoms with Crippen LogP contribution < -0.4 is 9.47 Å². The van der Waals surface area contributed by atoms with Gasteiger partial charge in [-0.2, -0.15) is 14.9 Å². The number of hydrogen-bond donors (Lipinski definition) is 0. The Morgan fingerprint density at radius 3 is 2.67 bits per heavy atom. The fraction of sp³-hybridized carbons (Fsp3) is 0.214. The van der Waals surface area contributed by atoms with Crippen molar-refractivity contribution in [1.29, 1.82) is 5.26 Å². The predicted octanol–water partition coefficient (Wildman–Crippen LogP) is 2.66. The molecule has 0 saturated heterocycles. The number of aryl methyl sites for hydroxylation is 1. The molecule has 0 N–H and O–H groups in total. The van der Waals surface area contributed by atoms with Gasteiger partial charge in [-0.25, -0.2) is 4.98 Å². The third-order valence-corrected chi connectivity index (χ3v) is 4.07. The topological polar surface area (TPSA) is 72.4 Å². The SMILES string of the molecule is COc1ccc(-c2nn3c(C#N)c(C)nc3s2)cc1OC. The van der Waals surface area contributed by atoms with Gasteiger partial charge < -0.3 is 9.47 Å². The van der Waals surface area contributed by atoms with Crippen molar-refractivity contribution in [3.8, 4) is 28.1 Å². The van der Waals surface area contributed by atoms with Gasteiger partial charge in [0.1, 0.15) is 11.1 Å². The molecule has 0 fully saturated rings. The third kappa shape index (κ3) is 2.10. The minimum atomic E-state index is 0.466. The molecule has 0 amide bonds. The monoisotopic (exact) mass is 300 g/mol. The van der Waals surface area contributed by atoms with Crippen LogP contribution in [0.25, 0.3) is 15.5 Å². The van der Waals surface area contributed by atoms with Crippen LogP contribution in [-0.2, 0) is 0 Å². The summed E-state index contributed by atoms with van der Waals surface area (Å²) in [6, 6.07) is 7.71. The molecule has 7 heteroatoms. The van der Waals surface area contributed by atoms with Gasteiger partial charge in [-0.15, -0.1) is 0 Å². The van der Waals surface area contributed by atoms with Crippen molar-refractivity contribution >= 4 is 16.3 Å². The highest BCUT2D eigenvalue weighted by atomic mass is 32.1. The molecule has 0 radical (unpaired) electrons. The van der Waals surface area contributed by atoms with Crippen LogP contribution in [0.1, 0.15) is 11.4 Å². The Hall–Kier alpha value is -2.59. The van der Waals surface area contributed by atoms with Crippen LogP contribution >= 0.6 is 11.3 Å². The number of aromatic nitrogens is 3. The molecule has 2 heterocycles. The number of hydrogen-bond acceptors (Lipinski definition) is 6. The molecule has 0 aliphatic carbocycles. The molecule has 0 aliphatic heterocycles. The zero-order valence-corrected chi connectivity index (χ0v) is 12.6. The molecule has 0 bridgehead atoms. The first kappa shape index (κ1) is 13.4. The van der Waals surface area contributed by atoms with Gasteiger partial charge in [0.05, 0.1) is 19.9 Å². The lowest BCUT2D eigenvalue weighted by Crippen LogP contribution is -1.92. The van der Waals surface area contributed by atoms with E-state index in [4.69, 9.17) is 14.7 Å². The van der Waals surface area contributed by atoms with E-state index in [1.165, 1.54) is 11.3 Å². The van der Waals surface area contributed by atoms with E-state index in [0.29, 0.717) is 27.8 Å². The van der Waals surface area contributed by atoms with Crippen molar-refractivity contribution in [3.05, 3.63) is 29.6 Å². The van der Waals surface area contributed by atoms with Crippen molar-refractivity contribution < 1.29 is 9.47 Å². The van der Waals surface area contributed by atoms with Gasteiger partial charge in [0, 0.05) is 5.56 Å². The van der Waals surface area contributed by atoms with Crippen LogP contribution in [0.15, 0.2) is 18.2 Å². The molecule has 2 aromatic heterocycles. The van der Waals surface area contributed by atoms with E-state index < -0.39 is 0 Å². The number of nitriles is 1. The first-order valence-electron chi connectivity index (χ1n) is 6.16. The van der Waals surface area contributed by atoms with E-state index in [9.17, 15) is 0 Å². The second kappa shape index (κ2) is 5.07. The van der Waals surface area contributed by atoms with Gasteiger partial charge in [-0.3, -0.25) is 0 Å². The fourth-order valence-electron chi connectivity index (χ4n) is 2.06. The minimum absolute atomic E-state index is 0.466. The normalized spacial score (nSPS) is 10.6. The second-order valence-electron chi connectivity index (χ2n) is 4.33. The van der Waals surface area contributed by atoms with Gasteiger partial charge in [0.25, 0.3) is 0 Å². The van der Waals surface area contributed by atoms with Gasteiger partial charge in [0.2, 0.25) is 4.96 Å². The van der Waals surface area contributed by atoms with Gasteiger partial charge in [-0.05, 0) is 25.1 Å². The van der Waals surface area contributed by atoms with E-state index in [1.807, 2.05) is 18.2 Å². The highest BCUT2D eigenvalue weighted by molar-refractivity contribution is 7.19. The summed E-state index contributed by atoms with van der Waals surface area (Å²) in [4.78, 5) is 5.05. The number of rotatable bonds is 3. The number of benzene rings is 1. The average molecular weight is 300 g/mol. The summed E-state index contributed by atoms with van der Waals surface area (Å²) in [7, 11) is 3.18. The largest absolute Gasteiger partial charge is 0.493 e. The zero-order chi connectivity index (χ0) is 15.0. The lowest BCUT2D eigenvalue weighted by molar-refractivity contribution is 0.355. The van der Waals surface area contributed by atoms with E-state index in [-0.39, 0.29) is 0 Å². The third-order valence-electron chi connectivity index (χ3n) is 3.11. The average Bonchev–Trinajstić information content (AvgIpc) is 3.02. The van der Waals surface area contributed by atoms with E-state index in [1.54, 1.807) is 25.7 Å². The molecule has 3 rings (SSSR count). The number of ether oxygens (including phenoxy) is 2. The molecule has 3 aromatic rings. The van der Waals surface area contributed by atoms with Crippen LogP contribution in [-0.4, -0.2) is 28.8 Å². The summed E-state index contributed by atoms with van der Waals surface area (Å²) in [5.74, 6) is 1.30. The highest BCUT2D eigenvalue weighted by Gasteiger charge is 2.15. The van der Waals surface area contributed by atoms with Crippen LogP contribution in [0.5, 0.6) is 11.5 Å². The van der Waals surface area contributed by atoms with Crippen molar-refractivity contribution in [3.63, 3.8) is 0 Å². The summed E-state index contributed by atoms with van der Waals surface area (Å²) in [6.07, 6.45) is 0.